The van der Waals surface area contributed by atoms with E-state index in [0.717, 1.165) is 11.1 Å². The Balaban J connectivity index is 2.94. The highest BCUT2D eigenvalue weighted by atomic mass is 16.5. The molecular formula is C16H17N3O2. The van der Waals surface area contributed by atoms with Crippen molar-refractivity contribution in [1.29, 1.82) is 10.5 Å². The fourth-order valence-electron chi connectivity index (χ4n) is 1.79. The summed E-state index contributed by atoms with van der Waals surface area (Å²) in [6.45, 7) is 0.920. The van der Waals surface area contributed by atoms with Gasteiger partial charge in [0.15, 0.2) is 0 Å². The van der Waals surface area contributed by atoms with Crippen LogP contribution >= 0.6 is 0 Å². The number of aliphatic hydroxyl groups excluding tert-OH is 1. The van der Waals surface area contributed by atoms with E-state index in [4.69, 9.17) is 20.4 Å². The molecule has 0 saturated carbocycles. The minimum Gasteiger partial charge on any atom is -0.495 e. The minimum atomic E-state index is 0.0210. The molecule has 108 valence electrons. The van der Waals surface area contributed by atoms with E-state index in [1.165, 1.54) is 0 Å². The van der Waals surface area contributed by atoms with Crippen LogP contribution in [0.1, 0.15) is 17.5 Å². The van der Waals surface area contributed by atoms with Crippen LogP contribution in [-0.2, 0) is 6.54 Å². The van der Waals surface area contributed by atoms with Crippen molar-refractivity contribution in [2.24, 2.45) is 0 Å². The lowest BCUT2D eigenvalue weighted by Gasteiger charge is -2.16. The lowest BCUT2D eigenvalue weighted by Crippen LogP contribution is -2.23. The predicted molar refractivity (Wildman–Crippen MR) is 78.1 cm³/mol. The standard InChI is InChI=1S/C16H17N3O2/c1-21-16-6-5-14(12-15(16)4-2-3-11-20)13-19(9-7-17)10-8-18/h5-6,12,20H,3,9-11,13H2,1H3. The Morgan fingerprint density at radius 2 is 1.95 bits per heavy atom. The van der Waals surface area contributed by atoms with Gasteiger partial charge in [-0.15, -0.1) is 0 Å². The van der Waals surface area contributed by atoms with Gasteiger partial charge in [-0.25, -0.2) is 0 Å². The van der Waals surface area contributed by atoms with Crippen LogP contribution in [0.4, 0.5) is 0 Å². The number of aliphatic hydroxyl groups is 1. The summed E-state index contributed by atoms with van der Waals surface area (Å²) in [5, 5.41) is 26.3. The molecule has 0 bridgehead atoms. The molecule has 0 amide bonds. The summed E-state index contributed by atoms with van der Waals surface area (Å²) in [6, 6.07) is 9.67. The Hall–Kier alpha value is -2.52. The van der Waals surface area contributed by atoms with E-state index >= 15 is 0 Å². The number of nitrogens with zero attached hydrogens (tertiary/aromatic N) is 3. The number of rotatable bonds is 6. The molecule has 0 heterocycles. The minimum absolute atomic E-state index is 0.0210. The van der Waals surface area contributed by atoms with E-state index in [-0.39, 0.29) is 19.7 Å². The average molecular weight is 283 g/mol. The third kappa shape index (κ3) is 5.55. The maximum atomic E-state index is 8.76. The molecule has 0 saturated heterocycles. The van der Waals surface area contributed by atoms with Gasteiger partial charge >= 0.3 is 0 Å². The Bertz CT molecular complexity index is 587. The summed E-state index contributed by atoms with van der Waals surface area (Å²) in [4.78, 5) is 1.74. The van der Waals surface area contributed by atoms with Gasteiger partial charge in [-0.1, -0.05) is 17.9 Å². The maximum absolute atomic E-state index is 8.76. The van der Waals surface area contributed by atoms with E-state index in [9.17, 15) is 0 Å². The van der Waals surface area contributed by atoms with Gasteiger partial charge in [0.05, 0.1) is 44.5 Å². The van der Waals surface area contributed by atoms with Crippen LogP contribution < -0.4 is 4.74 Å². The summed E-state index contributed by atoms with van der Waals surface area (Å²) < 4.78 is 5.25. The molecule has 0 aliphatic rings. The van der Waals surface area contributed by atoms with E-state index in [2.05, 4.69) is 11.8 Å². The van der Waals surface area contributed by atoms with E-state index in [1.807, 2.05) is 30.3 Å². The topological polar surface area (TPSA) is 80.3 Å². The van der Waals surface area contributed by atoms with Gasteiger partial charge in [-0.2, -0.15) is 10.5 Å². The van der Waals surface area contributed by atoms with Crippen molar-refractivity contribution in [2.45, 2.75) is 13.0 Å². The molecular weight excluding hydrogens is 266 g/mol. The van der Waals surface area contributed by atoms with Crippen molar-refractivity contribution in [1.82, 2.24) is 4.90 Å². The quantitative estimate of drug-likeness (QED) is 0.628. The highest BCUT2D eigenvalue weighted by Crippen LogP contribution is 2.19. The Morgan fingerprint density at radius 1 is 1.24 bits per heavy atom. The van der Waals surface area contributed by atoms with Crippen LogP contribution in [0.15, 0.2) is 18.2 Å². The van der Waals surface area contributed by atoms with Crippen molar-refractivity contribution in [3.8, 4) is 29.7 Å². The van der Waals surface area contributed by atoms with Gasteiger partial charge in [0, 0.05) is 13.0 Å². The maximum Gasteiger partial charge on any atom is 0.134 e. The van der Waals surface area contributed by atoms with Crippen molar-refractivity contribution in [3.63, 3.8) is 0 Å². The molecule has 1 aromatic rings. The summed E-state index contributed by atoms with van der Waals surface area (Å²) in [6.07, 6.45) is 0.405. The fraction of sp³-hybridized carbons (Fsp3) is 0.375. The van der Waals surface area contributed by atoms with Crippen molar-refractivity contribution in [2.75, 3.05) is 26.8 Å². The molecule has 5 nitrogen and oxygen atoms in total. The summed E-state index contributed by atoms with van der Waals surface area (Å²) in [5.74, 6) is 6.48. The van der Waals surface area contributed by atoms with E-state index < -0.39 is 0 Å². The van der Waals surface area contributed by atoms with Gasteiger partial charge in [0.25, 0.3) is 0 Å². The number of hydrogen-bond donors (Lipinski definition) is 1. The van der Waals surface area contributed by atoms with Gasteiger partial charge < -0.3 is 9.84 Å². The number of nitriles is 2. The van der Waals surface area contributed by atoms with Crippen molar-refractivity contribution >= 4 is 0 Å². The second-order valence-corrected chi connectivity index (χ2v) is 4.27. The highest BCUT2D eigenvalue weighted by Gasteiger charge is 2.07. The fourth-order valence-corrected chi connectivity index (χ4v) is 1.79. The molecule has 1 N–H and O–H groups in total. The monoisotopic (exact) mass is 283 g/mol. The SMILES string of the molecule is COc1ccc(CN(CC#N)CC#N)cc1C#CCCO. The van der Waals surface area contributed by atoms with Crippen molar-refractivity contribution < 1.29 is 9.84 Å². The normalized spacial score (nSPS) is 9.38. The zero-order valence-corrected chi connectivity index (χ0v) is 12.0. The molecule has 0 radical (unpaired) electrons. The molecule has 0 fully saturated rings. The van der Waals surface area contributed by atoms with Crippen LogP contribution in [0.25, 0.3) is 0 Å². The molecule has 1 aromatic carbocycles. The first-order valence-electron chi connectivity index (χ1n) is 6.48. The first-order valence-corrected chi connectivity index (χ1v) is 6.48. The van der Waals surface area contributed by atoms with Crippen molar-refractivity contribution in [3.05, 3.63) is 29.3 Å². The Labute approximate surface area is 125 Å². The van der Waals surface area contributed by atoms with Gasteiger partial charge in [-0.05, 0) is 17.7 Å². The highest BCUT2D eigenvalue weighted by molar-refractivity contribution is 5.48. The average Bonchev–Trinajstić information content (AvgIpc) is 2.48. The third-order valence-electron chi connectivity index (χ3n) is 2.72. The second kappa shape index (κ2) is 9.39. The van der Waals surface area contributed by atoms with E-state index in [1.54, 1.807) is 12.0 Å². The van der Waals surface area contributed by atoms with E-state index in [0.29, 0.717) is 18.7 Å². The summed E-state index contributed by atoms with van der Waals surface area (Å²) in [5.41, 5.74) is 1.69. The van der Waals surface area contributed by atoms with Crippen LogP contribution in [0.3, 0.4) is 0 Å². The lowest BCUT2D eigenvalue weighted by molar-refractivity contribution is 0.305. The largest absolute Gasteiger partial charge is 0.495 e. The molecule has 5 heteroatoms. The van der Waals surface area contributed by atoms with Gasteiger partial charge in [0.2, 0.25) is 0 Å². The number of benzene rings is 1. The molecule has 0 unspecified atom stereocenters. The van der Waals surface area contributed by atoms with Gasteiger partial charge in [0.1, 0.15) is 5.75 Å². The predicted octanol–water partition coefficient (Wildman–Crippen LogP) is 1.28. The van der Waals surface area contributed by atoms with Crippen LogP contribution in [0.5, 0.6) is 5.75 Å². The Morgan fingerprint density at radius 3 is 2.52 bits per heavy atom. The Kier molecular flexibility index (Phi) is 7.40. The molecule has 0 atom stereocenters. The number of ether oxygens (including phenoxy) is 1. The number of methoxy groups -OCH3 is 1. The first kappa shape index (κ1) is 16.5. The first-order chi connectivity index (χ1) is 10.2. The third-order valence-corrected chi connectivity index (χ3v) is 2.72. The zero-order chi connectivity index (χ0) is 15.5. The molecule has 0 spiro atoms. The lowest BCUT2D eigenvalue weighted by atomic mass is 10.1. The van der Waals surface area contributed by atoms with Crippen LogP contribution in [0, 0.1) is 34.5 Å². The molecule has 21 heavy (non-hydrogen) atoms. The zero-order valence-electron chi connectivity index (χ0n) is 12.0. The van der Waals surface area contributed by atoms with Gasteiger partial charge in [-0.3, -0.25) is 4.90 Å². The molecule has 0 aliphatic heterocycles. The van der Waals surface area contributed by atoms with Crippen LogP contribution in [-0.4, -0.2) is 36.8 Å². The molecule has 0 aliphatic carbocycles. The molecule has 0 aromatic heterocycles. The number of hydrogen-bond acceptors (Lipinski definition) is 5. The summed E-state index contributed by atoms with van der Waals surface area (Å²) in [7, 11) is 1.57. The second-order valence-electron chi connectivity index (χ2n) is 4.27. The molecule has 1 rings (SSSR count). The van der Waals surface area contributed by atoms with Crippen LogP contribution in [0.2, 0.25) is 0 Å². The smallest absolute Gasteiger partial charge is 0.134 e. The summed E-state index contributed by atoms with van der Waals surface area (Å²) >= 11 is 0.